The summed E-state index contributed by atoms with van der Waals surface area (Å²) >= 11 is 0. The van der Waals surface area contributed by atoms with Gasteiger partial charge in [-0.05, 0) is 49.5 Å². The van der Waals surface area contributed by atoms with Crippen LogP contribution in [0.4, 0.5) is 0 Å². The Morgan fingerprint density at radius 2 is 2.08 bits per heavy atom. The number of rotatable bonds is 7. The van der Waals surface area contributed by atoms with E-state index in [-0.39, 0.29) is 25.2 Å². The molecule has 1 amide bonds. The fourth-order valence-electron chi connectivity index (χ4n) is 2.97. The van der Waals surface area contributed by atoms with E-state index in [1.54, 1.807) is 30.3 Å². The molecule has 0 radical (unpaired) electrons. The van der Waals surface area contributed by atoms with Gasteiger partial charge in [-0.3, -0.25) is 4.79 Å². The first-order valence-electron chi connectivity index (χ1n) is 8.88. The molecule has 6 nitrogen and oxygen atoms in total. The van der Waals surface area contributed by atoms with Gasteiger partial charge in [-0.25, -0.2) is 4.79 Å². The van der Waals surface area contributed by atoms with Gasteiger partial charge >= 0.3 is 5.97 Å². The second kappa shape index (κ2) is 10.2. The highest BCUT2D eigenvalue weighted by Crippen LogP contribution is 2.19. The third-order valence-electron chi connectivity index (χ3n) is 4.35. The Hall–Kier alpha value is -2.81. The molecule has 138 valence electrons. The number of hydrogen-bond donors (Lipinski definition) is 0. The standard InChI is InChI=1S/C20H24N2O4/c1-2-17-5-3-4-13-22(17)19(23)15-26-20(24)11-8-16-6-9-18(10-7-16)25-14-12-21/h6-11,17H,2-5,13-15H2,1H3/b11-8+. The topological polar surface area (TPSA) is 79.6 Å². The predicted octanol–water partition coefficient (Wildman–Crippen LogP) is 2.94. The molecule has 0 aliphatic carbocycles. The number of nitriles is 1. The van der Waals surface area contributed by atoms with Crippen molar-refractivity contribution in [2.75, 3.05) is 19.8 Å². The molecule has 1 saturated heterocycles. The van der Waals surface area contributed by atoms with E-state index in [1.165, 1.54) is 6.08 Å². The molecule has 0 spiro atoms. The van der Waals surface area contributed by atoms with Crippen molar-refractivity contribution < 1.29 is 19.1 Å². The third kappa shape index (κ3) is 5.92. The van der Waals surface area contributed by atoms with Gasteiger partial charge in [0.2, 0.25) is 0 Å². The van der Waals surface area contributed by atoms with E-state index in [0.29, 0.717) is 5.75 Å². The van der Waals surface area contributed by atoms with Crippen LogP contribution in [0.2, 0.25) is 0 Å². The Labute approximate surface area is 154 Å². The molecule has 6 heteroatoms. The Kier molecular flexibility index (Phi) is 7.69. The maximum absolute atomic E-state index is 12.3. The quantitative estimate of drug-likeness (QED) is 0.554. The first-order chi connectivity index (χ1) is 12.6. The largest absolute Gasteiger partial charge is 0.479 e. The van der Waals surface area contributed by atoms with E-state index in [4.69, 9.17) is 14.7 Å². The number of carbonyl (C=O) groups is 2. The van der Waals surface area contributed by atoms with Gasteiger partial charge in [0.15, 0.2) is 13.2 Å². The molecule has 1 heterocycles. The number of nitrogens with zero attached hydrogens (tertiary/aromatic N) is 2. The van der Waals surface area contributed by atoms with Gasteiger partial charge in [0, 0.05) is 18.7 Å². The number of likely N-dealkylation sites (tertiary alicyclic amines) is 1. The monoisotopic (exact) mass is 356 g/mol. The molecule has 2 rings (SSSR count). The molecule has 1 aliphatic rings. The van der Waals surface area contributed by atoms with Gasteiger partial charge in [0.05, 0.1) is 0 Å². The van der Waals surface area contributed by atoms with Crippen molar-refractivity contribution in [3.8, 4) is 11.8 Å². The van der Waals surface area contributed by atoms with Crippen molar-refractivity contribution in [3.63, 3.8) is 0 Å². The Balaban J connectivity index is 1.79. The number of ether oxygens (including phenoxy) is 2. The first-order valence-corrected chi connectivity index (χ1v) is 8.88. The third-order valence-corrected chi connectivity index (χ3v) is 4.35. The summed E-state index contributed by atoms with van der Waals surface area (Å²) in [6.07, 6.45) is 7.00. The molecule has 26 heavy (non-hydrogen) atoms. The maximum atomic E-state index is 12.3. The number of hydrogen-bond acceptors (Lipinski definition) is 5. The fraction of sp³-hybridized carbons (Fsp3) is 0.450. The van der Waals surface area contributed by atoms with Crippen LogP contribution in [0.1, 0.15) is 38.2 Å². The lowest BCUT2D eigenvalue weighted by atomic mass is 10.00. The van der Waals surface area contributed by atoms with Gasteiger partial charge in [0.1, 0.15) is 11.8 Å². The minimum atomic E-state index is -0.548. The zero-order valence-electron chi connectivity index (χ0n) is 15.0. The van der Waals surface area contributed by atoms with E-state index < -0.39 is 5.97 Å². The lowest BCUT2D eigenvalue weighted by Crippen LogP contribution is -2.45. The van der Waals surface area contributed by atoms with Crippen molar-refractivity contribution in [2.45, 2.75) is 38.6 Å². The molecule has 0 saturated carbocycles. The van der Waals surface area contributed by atoms with Gasteiger partial charge in [-0.15, -0.1) is 0 Å². The number of piperidine rings is 1. The summed E-state index contributed by atoms with van der Waals surface area (Å²) in [6, 6.07) is 9.11. The summed E-state index contributed by atoms with van der Waals surface area (Å²) in [4.78, 5) is 25.9. The van der Waals surface area contributed by atoms with Crippen LogP contribution in [-0.4, -0.2) is 42.6 Å². The second-order valence-electron chi connectivity index (χ2n) is 6.10. The van der Waals surface area contributed by atoms with Crippen molar-refractivity contribution >= 4 is 18.0 Å². The summed E-state index contributed by atoms with van der Waals surface area (Å²) in [5, 5.41) is 8.46. The fourth-order valence-corrected chi connectivity index (χ4v) is 2.97. The van der Waals surface area contributed by atoms with Crippen LogP contribution < -0.4 is 4.74 Å². The highest BCUT2D eigenvalue weighted by atomic mass is 16.5. The van der Waals surface area contributed by atoms with Crippen molar-refractivity contribution in [3.05, 3.63) is 35.9 Å². The highest BCUT2D eigenvalue weighted by molar-refractivity contribution is 5.89. The maximum Gasteiger partial charge on any atom is 0.331 e. The Morgan fingerprint density at radius 3 is 2.77 bits per heavy atom. The van der Waals surface area contributed by atoms with Crippen LogP contribution in [-0.2, 0) is 14.3 Å². The van der Waals surface area contributed by atoms with Crippen molar-refractivity contribution in [1.82, 2.24) is 4.90 Å². The molecule has 0 N–H and O–H groups in total. The average molecular weight is 356 g/mol. The van der Waals surface area contributed by atoms with Gasteiger partial charge in [-0.1, -0.05) is 19.1 Å². The van der Waals surface area contributed by atoms with Crippen molar-refractivity contribution in [2.24, 2.45) is 0 Å². The minimum absolute atomic E-state index is 0.00849. The number of benzene rings is 1. The van der Waals surface area contributed by atoms with E-state index in [9.17, 15) is 9.59 Å². The molecule has 1 aromatic carbocycles. The van der Waals surface area contributed by atoms with E-state index in [0.717, 1.165) is 37.8 Å². The summed E-state index contributed by atoms with van der Waals surface area (Å²) in [7, 11) is 0. The number of amides is 1. The van der Waals surface area contributed by atoms with Gasteiger partial charge in [0.25, 0.3) is 5.91 Å². The van der Waals surface area contributed by atoms with E-state index >= 15 is 0 Å². The van der Waals surface area contributed by atoms with Crippen molar-refractivity contribution in [1.29, 1.82) is 5.26 Å². The lowest BCUT2D eigenvalue weighted by molar-refractivity contribution is -0.150. The summed E-state index contributed by atoms with van der Waals surface area (Å²) in [5.41, 5.74) is 0.791. The summed E-state index contributed by atoms with van der Waals surface area (Å²) < 4.78 is 10.2. The van der Waals surface area contributed by atoms with Crippen LogP contribution in [0, 0.1) is 11.3 Å². The van der Waals surface area contributed by atoms with Crippen LogP contribution in [0.25, 0.3) is 6.08 Å². The van der Waals surface area contributed by atoms with Crippen LogP contribution in [0.15, 0.2) is 30.3 Å². The SMILES string of the molecule is CCC1CCCCN1C(=O)COC(=O)/C=C/c1ccc(OCC#N)cc1. The highest BCUT2D eigenvalue weighted by Gasteiger charge is 2.25. The summed E-state index contributed by atoms with van der Waals surface area (Å²) in [6.45, 7) is 2.58. The average Bonchev–Trinajstić information content (AvgIpc) is 2.69. The Morgan fingerprint density at radius 1 is 1.31 bits per heavy atom. The molecule has 1 atom stereocenters. The molecule has 1 fully saturated rings. The van der Waals surface area contributed by atoms with Crippen LogP contribution in [0.3, 0.4) is 0 Å². The zero-order chi connectivity index (χ0) is 18.8. The minimum Gasteiger partial charge on any atom is -0.479 e. The lowest BCUT2D eigenvalue weighted by Gasteiger charge is -2.35. The van der Waals surface area contributed by atoms with Crippen LogP contribution >= 0.6 is 0 Å². The first kappa shape index (κ1) is 19.5. The predicted molar refractivity (Wildman–Crippen MR) is 97.2 cm³/mol. The number of esters is 1. The summed E-state index contributed by atoms with van der Waals surface area (Å²) in [5.74, 6) is -0.0885. The van der Waals surface area contributed by atoms with Gasteiger partial charge < -0.3 is 14.4 Å². The molecule has 0 aromatic heterocycles. The smallest absolute Gasteiger partial charge is 0.331 e. The molecule has 1 aliphatic heterocycles. The molecule has 1 aromatic rings. The molecular weight excluding hydrogens is 332 g/mol. The normalized spacial score (nSPS) is 16.9. The second-order valence-corrected chi connectivity index (χ2v) is 6.10. The molecule has 0 bridgehead atoms. The number of carbonyl (C=O) groups excluding carboxylic acids is 2. The molecular formula is C20H24N2O4. The van der Waals surface area contributed by atoms with Gasteiger partial charge in [-0.2, -0.15) is 5.26 Å². The zero-order valence-corrected chi connectivity index (χ0v) is 15.0. The van der Waals surface area contributed by atoms with Crippen LogP contribution in [0.5, 0.6) is 5.75 Å². The van der Waals surface area contributed by atoms with E-state index in [2.05, 4.69) is 6.92 Å². The Bertz CT molecular complexity index is 676. The molecule has 1 unspecified atom stereocenters. The van der Waals surface area contributed by atoms with E-state index in [1.807, 2.05) is 11.0 Å².